The second-order valence-electron chi connectivity index (χ2n) is 12.8. The van der Waals surface area contributed by atoms with Crippen LogP contribution in [-0.2, 0) is 0 Å². The van der Waals surface area contributed by atoms with E-state index in [2.05, 4.69) is 54.6 Å². The Hall–Kier alpha value is -7.17. The summed E-state index contributed by atoms with van der Waals surface area (Å²) in [5, 5.41) is 2.60. The lowest BCUT2D eigenvalue weighted by atomic mass is 9.97. The van der Waals surface area contributed by atoms with E-state index in [-0.39, 0.29) is 69.1 Å². The van der Waals surface area contributed by atoms with Crippen molar-refractivity contribution in [2.24, 2.45) is 0 Å². The van der Waals surface area contributed by atoms with Crippen LogP contribution in [0.25, 0.3) is 100 Å². The van der Waals surface area contributed by atoms with Crippen LogP contribution in [0.15, 0.2) is 192 Å². The largest absolute Gasteiger partial charge is 0.456 e. The number of hydrogen-bond acceptors (Lipinski definition) is 4. The predicted octanol–water partition coefficient (Wildman–Crippen LogP) is 12.9. The van der Waals surface area contributed by atoms with Gasteiger partial charge in [-0.25, -0.2) is 15.0 Å². The van der Waals surface area contributed by atoms with Gasteiger partial charge in [0, 0.05) is 27.5 Å². The molecule has 0 spiro atoms. The van der Waals surface area contributed by atoms with Crippen molar-refractivity contribution in [1.29, 1.82) is 0 Å². The van der Waals surface area contributed by atoms with Gasteiger partial charge in [0.1, 0.15) is 11.2 Å². The van der Waals surface area contributed by atoms with Crippen LogP contribution in [-0.4, -0.2) is 15.0 Å². The summed E-state index contributed by atoms with van der Waals surface area (Å²) in [5.41, 5.74) is 6.28. The van der Waals surface area contributed by atoms with Gasteiger partial charge < -0.3 is 4.42 Å². The van der Waals surface area contributed by atoms with Gasteiger partial charge in [-0.3, -0.25) is 0 Å². The van der Waals surface area contributed by atoms with Gasteiger partial charge in [-0.2, -0.15) is 0 Å². The zero-order valence-electron chi connectivity index (χ0n) is 34.2. The molecule has 0 N–H and O–H groups in total. The molecule has 0 amide bonds. The van der Waals surface area contributed by atoms with Gasteiger partial charge in [0.25, 0.3) is 0 Å². The lowest BCUT2D eigenvalue weighted by Crippen LogP contribution is -2.00. The third-order valence-corrected chi connectivity index (χ3v) is 9.45. The minimum atomic E-state index is -0.420. The van der Waals surface area contributed by atoms with Crippen LogP contribution in [0.4, 0.5) is 0 Å². The Balaban J connectivity index is 1.15. The van der Waals surface area contributed by atoms with Gasteiger partial charge in [0.2, 0.25) is 0 Å². The number of hydrogen-bond donors (Lipinski definition) is 0. The van der Waals surface area contributed by atoms with Crippen LogP contribution in [0.1, 0.15) is 8.22 Å². The summed E-state index contributed by atoms with van der Waals surface area (Å²) in [6.45, 7) is 0. The standard InChI is InChI=1S/C49H31N3O/c1-3-11-32(12-4-1)40-27-28-42-45(31-40)53-44-20-10-19-43(46(42)44)49-51-47(36-14-5-2-6-15-36)50-48(52-49)41-18-9-17-38(30-41)34-21-23-35(24-22-34)39-26-25-33-13-7-8-16-37(33)29-39/h1-31H/i10D,19D,20D,27D,28D,31D. The number of aromatic nitrogens is 3. The molecule has 10 aromatic rings. The van der Waals surface area contributed by atoms with Crippen molar-refractivity contribution in [3.63, 3.8) is 0 Å². The highest BCUT2D eigenvalue weighted by molar-refractivity contribution is 6.12. The minimum Gasteiger partial charge on any atom is -0.456 e. The lowest BCUT2D eigenvalue weighted by Gasteiger charge is -2.11. The molecule has 0 atom stereocenters. The Morgan fingerprint density at radius 1 is 0.396 bits per heavy atom. The van der Waals surface area contributed by atoms with E-state index < -0.39 is 6.04 Å². The molecule has 0 saturated heterocycles. The number of fused-ring (bicyclic) bond motifs is 4. The Morgan fingerprint density at radius 2 is 0.981 bits per heavy atom. The Kier molecular flexibility index (Phi) is 6.04. The molecule has 53 heavy (non-hydrogen) atoms. The molecule has 2 aromatic heterocycles. The molecule has 0 aliphatic heterocycles. The van der Waals surface area contributed by atoms with Crippen molar-refractivity contribution in [2.75, 3.05) is 0 Å². The highest BCUT2D eigenvalue weighted by Crippen LogP contribution is 2.38. The SMILES string of the molecule is [2H]c1c([2H])c(-c2nc(-c3ccccc3)nc(-c3cccc(-c4ccc(-c5ccc6ccccc6c5)cc4)c3)n2)c2c(oc3c([2H])c(-c4ccccc4)c([2H])c([2H])c32)c1[2H]. The van der Waals surface area contributed by atoms with Crippen LogP contribution < -0.4 is 0 Å². The Bertz CT molecular complexity index is 3280. The van der Waals surface area contributed by atoms with Crippen molar-refractivity contribution >= 4 is 32.7 Å². The molecular formula is C49H31N3O. The summed E-state index contributed by atoms with van der Waals surface area (Å²) in [6, 6.07) is 47.7. The summed E-state index contributed by atoms with van der Waals surface area (Å²) in [7, 11) is 0. The minimum absolute atomic E-state index is 0.0171. The first-order chi connectivity index (χ1) is 28.7. The molecule has 0 fully saturated rings. The van der Waals surface area contributed by atoms with E-state index in [4.69, 9.17) is 23.5 Å². The number of nitrogens with zero attached hydrogens (tertiary/aromatic N) is 3. The maximum absolute atomic E-state index is 9.24. The normalized spacial score (nSPS) is 13.0. The monoisotopic (exact) mass is 683 g/mol. The fourth-order valence-corrected chi connectivity index (χ4v) is 6.76. The van der Waals surface area contributed by atoms with Crippen molar-refractivity contribution in [2.45, 2.75) is 0 Å². The third-order valence-electron chi connectivity index (χ3n) is 9.45. The van der Waals surface area contributed by atoms with Crippen LogP contribution >= 0.6 is 0 Å². The van der Waals surface area contributed by atoms with Crippen molar-refractivity contribution in [3.05, 3.63) is 188 Å². The summed E-state index contributed by atoms with van der Waals surface area (Å²) >= 11 is 0. The molecule has 4 nitrogen and oxygen atoms in total. The van der Waals surface area contributed by atoms with Crippen molar-refractivity contribution in [1.82, 2.24) is 15.0 Å². The first-order valence-corrected chi connectivity index (χ1v) is 17.3. The molecule has 0 saturated carbocycles. The van der Waals surface area contributed by atoms with Gasteiger partial charge in [-0.05, 0) is 74.4 Å². The maximum atomic E-state index is 9.24. The van der Waals surface area contributed by atoms with Crippen LogP contribution in [0.2, 0.25) is 0 Å². The van der Waals surface area contributed by atoms with E-state index in [1.165, 1.54) is 10.8 Å². The molecule has 10 rings (SSSR count). The van der Waals surface area contributed by atoms with E-state index in [9.17, 15) is 4.11 Å². The summed E-state index contributed by atoms with van der Waals surface area (Å²) < 4.78 is 60.6. The topological polar surface area (TPSA) is 51.8 Å². The van der Waals surface area contributed by atoms with Gasteiger partial charge in [-0.15, -0.1) is 0 Å². The molecule has 2 heterocycles. The van der Waals surface area contributed by atoms with E-state index in [1.54, 1.807) is 24.3 Å². The molecule has 0 aliphatic carbocycles. The Morgan fingerprint density at radius 3 is 1.75 bits per heavy atom. The molecule has 248 valence electrons. The van der Waals surface area contributed by atoms with E-state index in [1.807, 2.05) is 72.8 Å². The van der Waals surface area contributed by atoms with Crippen molar-refractivity contribution < 1.29 is 12.6 Å². The van der Waals surface area contributed by atoms with E-state index in [0.717, 1.165) is 22.3 Å². The number of benzene rings is 8. The zero-order chi connectivity index (χ0) is 40.4. The summed E-state index contributed by atoms with van der Waals surface area (Å²) in [5.74, 6) is 0.664. The summed E-state index contributed by atoms with van der Waals surface area (Å²) in [6.07, 6.45) is 0. The maximum Gasteiger partial charge on any atom is 0.164 e. The number of furan rings is 1. The second kappa shape index (κ2) is 12.9. The van der Waals surface area contributed by atoms with Gasteiger partial charge in [0.15, 0.2) is 17.5 Å². The fraction of sp³-hybridized carbons (Fsp3) is 0. The van der Waals surface area contributed by atoms with Crippen LogP contribution in [0.3, 0.4) is 0 Å². The van der Waals surface area contributed by atoms with Gasteiger partial charge >= 0.3 is 0 Å². The molecule has 0 unspecified atom stereocenters. The van der Waals surface area contributed by atoms with Crippen LogP contribution in [0, 0.1) is 0 Å². The predicted molar refractivity (Wildman–Crippen MR) is 217 cm³/mol. The van der Waals surface area contributed by atoms with Gasteiger partial charge in [0.05, 0.1) is 8.22 Å². The second-order valence-corrected chi connectivity index (χ2v) is 12.8. The first-order valence-electron chi connectivity index (χ1n) is 20.3. The van der Waals surface area contributed by atoms with Crippen molar-refractivity contribution in [3.8, 4) is 67.5 Å². The molecule has 0 radical (unpaired) electrons. The van der Waals surface area contributed by atoms with E-state index >= 15 is 0 Å². The van der Waals surface area contributed by atoms with Crippen LogP contribution in [0.5, 0.6) is 0 Å². The quantitative estimate of drug-likeness (QED) is 0.175. The zero-order valence-corrected chi connectivity index (χ0v) is 28.2. The highest BCUT2D eigenvalue weighted by Gasteiger charge is 2.18. The number of rotatable bonds is 6. The first kappa shape index (κ1) is 24.9. The average molecular weight is 684 g/mol. The average Bonchev–Trinajstić information content (AvgIpc) is 3.69. The summed E-state index contributed by atoms with van der Waals surface area (Å²) in [4.78, 5) is 14.7. The molecule has 0 bridgehead atoms. The molecule has 4 heteroatoms. The Labute approximate surface area is 315 Å². The lowest BCUT2D eigenvalue weighted by molar-refractivity contribution is 0.669. The third kappa shape index (κ3) is 5.73. The molecule has 0 aliphatic rings. The van der Waals surface area contributed by atoms with E-state index in [0.29, 0.717) is 28.3 Å². The fourth-order valence-electron chi connectivity index (χ4n) is 6.76. The molecular weight excluding hydrogens is 647 g/mol. The smallest absolute Gasteiger partial charge is 0.164 e. The highest BCUT2D eigenvalue weighted by atomic mass is 16.3. The molecule has 8 aromatic carbocycles. The van der Waals surface area contributed by atoms with Gasteiger partial charge in [-0.1, -0.05) is 158 Å².